The third kappa shape index (κ3) is 3.27. The van der Waals surface area contributed by atoms with Crippen LogP contribution in [0.15, 0.2) is 53.9 Å². The number of halogens is 1. The Balaban J connectivity index is 1.77. The van der Waals surface area contributed by atoms with Crippen molar-refractivity contribution in [1.29, 1.82) is 0 Å². The van der Waals surface area contributed by atoms with Crippen LogP contribution in [0.25, 0.3) is 0 Å². The molecule has 3 aromatic rings. The highest BCUT2D eigenvalue weighted by Gasteiger charge is 2.27. The summed E-state index contributed by atoms with van der Waals surface area (Å²) in [5, 5.41) is 22.6. The first kappa shape index (κ1) is 17.3. The van der Waals surface area contributed by atoms with Crippen LogP contribution in [0.2, 0.25) is 5.02 Å². The van der Waals surface area contributed by atoms with Crippen LogP contribution in [-0.2, 0) is 12.8 Å². The summed E-state index contributed by atoms with van der Waals surface area (Å²) in [7, 11) is 0. The van der Waals surface area contributed by atoms with Gasteiger partial charge in [0.1, 0.15) is 0 Å². The van der Waals surface area contributed by atoms with E-state index in [1.54, 1.807) is 17.4 Å². The molecule has 1 atom stereocenters. The fourth-order valence-electron chi connectivity index (χ4n) is 3.66. The second-order valence-corrected chi connectivity index (χ2v) is 8.10. The van der Waals surface area contributed by atoms with Crippen molar-refractivity contribution in [3.05, 3.63) is 69.4 Å². The zero-order chi connectivity index (χ0) is 18.1. The van der Waals surface area contributed by atoms with Crippen LogP contribution in [0.3, 0.4) is 0 Å². The Morgan fingerprint density at radius 3 is 2.65 bits per heavy atom. The fraction of sp³-hybridized carbons (Fsp3) is 0.238. The second-order valence-electron chi connectivity index (χ2n) is 6.69. The number of phenols is 2. The average Bonchev–Trinajstić information content (AvgIpc) is 3.10. The predicted molar refractivity (Wildman–Crippen MR) is 108 cm³/mol. The summed E-state index contributed by atoms with van der Waals surface area (Å²) in [5.41, 5.74) is 2.85. The van der Waals surface area contributed by atoms with Crippen LogP contribution in [0.4, 0.5) is 11.4 Å². The third-order valence-electron chi connectivity index (χ3n) is 4.97. The average molecular weight is 386 g/mol. The van der Waals surface area contributed by atoms with Gasteiger partial charge in [-0.2, -0.15) is 0 Å². The Labute approximate surface area is 162 Å². The van der Waals surface area contributed by atoms with Gasteiger partial charge >= 0.3 is 0 Å². The van der Waals surface area contributed by atoms with E-state index in [1.165, 1.54) is 4.88 Å². The van der Waals surface area contributed by atoms with Crippen molar-refractivity contribution in [2.45, 2.75) is 19.3 Å². The van der Waals surface area contributed by atoms with Gasteiger partial charge in [-0.25, -0.2) is 0 Å². The van der Waals surface area contributed by atoms with Gasteiger partial charge in [-0.3, -0.25) is 0 Å². The molecule has 1 aromatic heterocycles. The molecule has 2 aromatic carbocycles. The van der Waals surface area contributed by atoms with Crippen molar-refractivity contribution in [3.8, 4) is 11.5 Å². The predicted octanol–water partition coefficient (Wildman–Crippen LogP) is 5.76. The largest absolute Gasteiger partial charge is 0.504 e. The fourth-order valence-corrected chi connectivity index (χ4v) is 4.77. The summed E-state index contributed by atoms with van der Waals surface area (Å²) in [6.45, 7) is 0.843. The zero-order valence-electron chi connectivity index (χ0n) is 14.2. The van der Waals surface area contributed by atoms with E-state index in [9.17, 15) is 10.2 Å². The molecule has 2 heterocycles. The lowest BCUT2D eigenvalue weighted by molar-refractivity contribution is 0.403. The number of hydrogen-bond donors (Lipinski definition) is 2. The SMILES string of the molecule is Oc1cc2c(c(Cl)c1O)CC[C@@H](Cc1cccs1)CN2c1ccccc1. The molecule has 4 rings (SSSR count). The van der Waals surface area contributed by atoms with Crippen molar-refractivity contribution in [2.75, 3.05) is 11.4 Å². The molecule has 134 valence electrons. The lowest BCUT2D eigenvalue weighted by Gasteiger charge is -2.28. The van der Waals surface area contributed by atoms with Crippen LogP contribution >= 0.6 is 22.9 Å². The molecule has 0 amide bonds. The molecule has 3 nitrogen and oxygen atoms in total. The number of rotatable bonds is 3. The number of phenolic OH excluding ortho intramolecular Hbond substituents is 2. The summed E-state index contributed by atoms with van der Waals surface area (Å²) >= 11 is 8.19. The maximum atomic E-state index is 10.1. The summed E-state index contributed by atoms with van der Waals surface area (Å²) in [5.74, 6) is 0.0585. The van der Waals surface area contributed by atoms with Gasteiger partial charge in [-0.1, -0.05) is 35.9 Å². The Hall–Kier alpha value is -2.17. The maximum Gasteiger partial charge on any atom is 0.176 e. The normalized spacial score (nSPS) is 17.0. The smallest absolute Gasteiger partial charge is 0.176 e. The van der Waals surface area contributed by atoms with Gasteiger partial charge in [0.05, 0.1) is 5.02 Å². The maximum absolute atomic E-state index is 10.1. The number of nitrogens with zero attached hydrogens (tertiary/aromatic N) is 1. The molecule has 0 aliphatic carbocycles. The number of benzene rings is 2. The highest BCUT2D eigenvalue weighted by atomic mass is 35.5. The van der Waals surface area contributed by atoms with Crippen molar-refractivity contribution >= 4 is 34.3 Å². The van der Waals surface area contributed by atoms with Gasteiger partial charge in [0, 0.05) is 28.9 Å². The molecule has 0 saturated heterocycles. The number of thiophene rings is 1. The number of aromatic hydroxyl groups is 2. The van der Waals surface area contributed by atoms with E-state index in [1.807, 2.05) is 18.2 Å². The van der Waals surface area contributed by atoms with Gasteiger partial charge in [-0.05, 0) is 54.3 Å². The number of anilines is 2. The molecule has 0 spiro atoms. The molecular weight excluding hydrogens is 366 g/mol. The zero-order valence-corrected chi connectivity index (χ0v) is 15.8. The minimum Gasteiger partial charge on any atom is -0.504 e. The third-order valence-corrected chi connectivity index (χ3v) is 6.28. The highest BCUT2D eigenvalue weighted by molar-refractivity contribution is 7.09. The summed E-state index contributed by atoms with van der Waals surface area (Å²) in [6, 6.07) is 16.0. The van der Waals surface area contributed by atoms with E-state index in [0.717, 1.165) is 42.7 Å². The Morgan fingerprint density at radius 2 is 1.92 bits per heavy atom. The standard InChI is InChI=1S/C21H20ClNO2S/c22-20-17-9-8-14(11-16-7-4-10-26-16)13-23(15-5-2-1-3-6-15)18(17)12-19(24)21(20)25/h1-7,10,12,14,24-25H,8-9,11,13H2/t14-/m0/s1. The van der Waals surface area contributed by atoms with Gasteiger partial charge < -0.3 is 15.1 Å². The molecule has 0 fully saturated rings. The topological polar surface area (TPSA) is 43.7 Å². The van der Waals surface area contributed by atoms with E-state index in [4.69, 9.17) is 11.6 Å². The first-order chi connectivity index (χ1) is 12.6. The first-order valence-corrected chi connectivity index (χ1v) is 9.97. The highest BCUT2D eigenvalue weighted by Crippen LogP contribution is 2.46. The lowest BCUT2D eigenvalue weighted by Crippen LogP contribution is -2.25. The van der Waals surface area contributed by atoms with E-state index < -0.39 is 0 Å². The van der Waals surface area contributed by atoms with Crippen molar-refractivity contribution in [2.24, 2.45) is 5.92 Å². The molecule has 1 aliphatic rings. The number of fused-ring (bicyclic) bond motifs is 1. The van der Waals surface area contributed by atoms with Crippen molar-refractivity contribution in [1.82, 2.24) is 0 Å². The minimum atomic E-state index is -0.227. The molecule has 0 bridgehead atoms. The van der Waals surface area contributed by atoms with Crippen molar-refractivity contribution < 1.29 is 10.2 Å². The van der Waals surface area contributed by atoms with Gasteiger partial charge in [0.15, 0.2) is 11.5 Å². The molecule has 0 radical (unpaired) electrons. The van der Waals surface area contributed by atoms with Crippen molar-refractivity contribution in [3.63, 3.8) is 0 Å². The Kier molecular flexibility index (Phi) is 4.79. The molecule has 0 saturated carbocycles. The molecular formula is C21H20ClNO2S. The molecule has 2 N–H and O–H groups in total. The van der Waals surface area contributed by atoms with Crippen LogP contribution in [0, 0.1) is 5.92 Å². The monoisotopic (exact) mass is 385 g/mol. The quantitative estimate of drug-likeness (QED) is 0.563. The van der Waals surface area contributed by atoms with Gasteiger partial charge in [-0.15, -0.1) is 11.3 Å². The van der Waals surface area contributed by atoms with Crippen LogP contribution < -0.4 is 4.90 Å². The Morgan fingerprint density at radius 1 is 1.12 bits per heavy atom. The van der Waals surface area contributed by atoms with Gasteiger partial charge in [0.25, 0.3) is 0 Å². The summed E-state index contributed by atoms with van der Waals surface area (Å²) in [4.78, 5) is 3.59. The van der Waals surface area contributed by atoms with Gasteiger partial charge in [0.2, 0.25) is 0 Å². The lowest BCUT2D eigenvalue weighted by atomic mass is 9.97. The van der Waals surface area contributed by atoms with E-state index in [0.29, 0.717) is 5.92 Å². The summed E-state index contributed by atoms with van der Waals surface area (Å²) < 4.78 is 0. The minimum absolute atomic E-state index is 0.175. The van der Waals surface area contributed by atoms with E-state index in [-0.39, 0.29) is 16.5 Å². The van der Waals surface area contributed by atoms with Crippen LogP contribution in [0.5, 0.6) is 11.5 Å². The molecule has 1 aliphatic heterocycles. The second kappa shape index (κ2) is 7.22. The van der Waals surface area contributed by atoms with E-state index in [2.05, 4.69) is 34.5 Å². The molecule has 26 heavy (non-hydrogen) atoms. The Bertz CT molecular complexity index is 896. The molecule has 0 unspecified atom stereocenters. The number of hydrogen-bond acceptors (Lipinski definition) is 4. The molecule has 5 heteroatoms. The number of para-hydroxylation sites is 1. The van der Waals surface area contributed by atoms with E-state index >= 15 is 0 Å². The van der Waals surface area contributed by atoms with Crippen LogP contribution in [-0.4, -0.2) is 16.8 Å². The summed E-state index contributed by atoms with van der Waals surface area (Å²) in [6.07, 6.45) is 2.78. The first-order valence-electron chi connectivity index (χ1n) is 8.71. The van der Waals surface area contributed by atoms with Crippen LogP contribution in [0.1, 0.15) is 16.9 Å².